The predicted molar refractivity (Wildman–Crippen MR) is 118 cm³/mol. The number of aryl methyl sites for hydroxylation is 1. The van der Waals surface area contributed by atoms with Crippen molar-refractivity contribution in [3.63, 3.8) is 0 Å². The summed E-state index contributed by atoms with van der Waals surface area (Å²) < 4.78 is 7.84. The quantitative estimate of drug-likeness (QED) is 0.446. The second-order valence-corrected chi connectivity index (χ2v) is 7.44. The highest BCUT2D eigenvalue weighted by molar-refractivity contribution is 6.42. The Kier molecular flexibility index (Phi) is 5.48. The van der Waals surface area contributed by atoms with Gasteiger partial charge in [-0.25, -0.2) is 4.98 Å². The number of hydrogen-bond donors (Lipinski definition) is 2. The van der Waals surface area contributed by atoms with E-state index in [9.17, 15) is 4.79 Å². The Labute approximate surface area is 182 Å². The van der Waals surface area contributed by atoms with Gasteiger partial charge in [0.1, 0.15) is 11.5 Å². The number of carbonyl (C=O) groups excluding carboxylic acids is 1. The Hall–Kier alpha value is -3.29. The van der Waals surface area contributed by atoms with Crippen LogP contribution in [0.4, 0.5) is 11.6 Å². The summed E-state index contributed by atoms with van der Waals surface area (Å²) in [6.07, 6.45) is 1.63. The van der Waals surface area contributed by atoms with Gasteiger partial charge < -0.3 is 20.4 Å². The first kappa shape index (κ1) is 20.0. The molecule has 0 bridgehead atoms. The van der Waals surface area contributed by atoms with Crippen LogP contribution in [0.3, 0.4) is 0 Å². The van der Waals surface area contributed by atoms with Gasteiger partial charge in [0, 0.05) is 31.1 Å². The molecular formula is C21H17Cl2N5O2. The number of ether oxygens (including phenoxy) is 1. The van der Waals surface area contributed by atoms with Crippen LogP contribution in [0.2, 0.25) is 10.0 Å². The van der Waals surface area contributed by atoms with Crippen LogP contribution in [0.5, 0.6) is 11.5 Å². The summed E-state index contributed by atoms with van der Waals surface area (Å²) in [6.45, 7) is 0. The van der Waals surface area contributed by atoms with Crippen LogP contribution in [-0.2, 0) is 18.3 Å². The molecule has 4 aromatic rings. The maximum atomic E-state index is 11.1. The third-order valence-electron chi connectivity index (χ3n) is 4.41. The number of imidazole rings is 1. The highest BCUT2D eigenvalue weighted by atomic mass is 35.5. The molecule has 7 nitrogen and oxygen atoms in total. The van der Waals surface area contributed by atoms with Crippen molar-refractivity contribution in [2.24, 2.45) is 12.8 Å². The van der Waals surface area contributed by atoms with Gasteiger partial charge in [-0.2, -0.15) is 0 Å². The molecule has 2 aromatic heterocycles. The van der Waals surface area contributed by atoms with Crippen molar-refractivity contribution in [3.8, 4) is 11.5 Å². The van der Waals surface area contributed by atoms with Gasteiger partial charge in [-0.05, 0) is 36.4 Å². The number of carbonyl (C=O) groups is 1. The fourth-order valence-corrected chi connectivity index (χ4v) is 3.29. The molecule has 0 radical (unpaired) electrons. The summed E-state index contributed by atoms with van der Waals surface area (Å²) >= 11 is 12.1. The number of fused-ring (bicyclic) bond motifs is 1. The molecule has 3 N–H and O–H groups in total. The Bertz CT molecular complexity index is 1260. The summed E-state index contributed by atoms with van der Waals surface area (Å²) in [4.78, 5) is 19.9. The van der Waals surface area contributed by atoms with Crippen molar-refractivity contribution in [1.82, 2.24) is 14.5 Å². The van der Waals surface area contributed by atoms with Crippen LogP contribution in [-0.4, -0.2) is 20.4 Å². The number of aromatic nitrogens is 3. The number of hydrogen-bond acceptors (Lipinski definition) is 5. The molecule has 9 heteroatoms. The number of amides is 1. The van der Waals surface area contributed by atoms with Crippen molar-refractivity contribution in [3.05, 3.63) is 70.5 Å². The molecule has 0 spiro atoms. The lowest BCUT2D eigenvalue weighted by Gasteiger charge is -2.07. The van der Waals surface area contributed by atoms with E-state index in [1.54, 1.807) is 30.5 Å². The summed E-state index contributed by atoms with van der Waals surface area (Å²) in [5.41, 5.74) is 8.23. The zero-order valence-corrected chi connectivity index (χ0v) is 17.4. The SMILES string of the molecule is Cn1c(Nc2ccc(Cl)c(Cl)c2)nc2cc(Oc3ccnc(CC(N)=O)c3)ccc21. The predicted octanol–water partition coefficient (Wildman–Crippen LogP) is 4.84. The Morgan fingerprint density at radius 3 is 2.67 bits per heavy atom. The Morgan fingerprint density at radius 2 is 1.90 bits per heavy atom. The lowest BCUT2D eigenvalue weighted by atomic mass is 10.2. The molecule has 0 aliphatic heterocycles. The molecule has 0 saturated heterocycles. The number of halogens is 2. The second-order valence-electron chi connectivity index (χ2n) is 6.63. The molecule has 0 saturated carbocycles. The minimum absolute atomic E-state index is 0.0558. The molecule has 30 heavy (non-hydrogen) atoms. The molecule has 1 amide bonds. The number of nitrogens with zero attached hydrogens (tertiary/aromatic N) is 3. The number of nitrogens with one attached hydrogen (secondary N) is 1. The largest absolute Gasteiger partial charge is 0.457 e. The number of anilines is 2. The van der Waals surface area contributed by atoms with Crippen molar-refractivity contribution < 1.29 is 9.53 Å². The van der Waals surface area contributed by atoms with E-state index < -0.39 is 5.91 Å². The topological polar surface area (TPSA) is 95.1 Å². The summed E-state index contributed by atoms with van der Waals surface area (Å²) in [7, 11) is 1.91. The lowest BCUT2D eigenvalue weighted by molar-refractivity contribution is -0.117. The number of primary amides is 1. The van der Waals surface area contributed by atoms with E-state index in [4.69, 9.17) is 33.7 Å². The van der Waals surface area contributed by atoms with Gasteiger partial charge in [0.15, 0.2) is 0 Å². The maximum Gasteiger partial charge on any atom is 0.223 e. The first-order valence-electron chi connectivity index (χ1n) is 8.98. The Balaban J connectivity index is 1.59. The van der Waals surface area contributed by atoms with Crippen molar-refractivity contribution >= 4 is 51.8 Å². The van der Waals surface area contributed by atoms with Gasteiger partial charge >= 0.3 is 0 Å². The molecule has 4 rings (SSSR count). The molecule has 0 atom stereocenters. The van der Waals surface area contributed by atoms with Crippen LogP contribution >= 0.6 is 23.2 Å². The lowest BCUT2D eigenvalue weighted by Crippen LogP contribution is -2.14. The Morgan fingerprint density at radius 1 is 1.10 bits per heavy atom. The average Bonchev–Trinajstić information content (AvgIpc) is 2.99. The number of benzene rings is 2. The van der Waals surface area contributed by atoms with Crippen LogP contribution in [0.25, 0.3) is 11.0 Å². The second kappa shape index (κ2) is 8.22. The smallest absolute Gasteiger partial charge is 0.223 e. The average molecular weight is 442 g/mol. The van der Waals surface area contributed by atoms with Gasteiger partial charge in [-0.3, -0.25) is 9.78 Å². The minimum atomic E-state index is -0.448. The van der Waals surface area contributed by atoms with Gasteiger partial charge in [0.2, 0.25) is 11.9 Å². The zero-order valence-electron chi connectivity index (χ0n) is 15.9. The fraction of sp³-hybridized carbons (Fsp3) is 0.0952. The molecule has 152 valence electrons. The van der Waals surface area contributed by atoms with Crippen molar-refractivity contribution in [1.29, 1.82) is 0 Å². The first-order chi connectivity index (χ1) is 14.4. The van der Waals surface area contributed by atoms with E-state index in [2.05, 4.69) is 15.3 Å². The van der Waals surface area contributed by atoms with Gasteiger partial charge in [0.25, 0.3) is 0 Å². The summed E-state index contributed by atoms with van der Waals surface area (Å²) in [6, 6.07) is 14.3. The monoisotopic (exact) mass is 441 g/mol. The van der Waals surface area contributed by atoms with E-state index in [0.29, 0.717) is 33.2 Å². The molecule has 0 fully saturated rings. The maximum absolute atomic E-state index is 11.1. The van der Waals surface area contributed by atoms with Gasteiger partial charge in [-0.15, -0.1) is 0 Å². The van der Waals surface area contributed by atoms with E-state index in [1.165, 1.54) is 0 Å². The van der Waals surface area contributed by atoms with Crippen LogP contribution < -0.4 is 15.8 Å². The molecule has 0 aliphatic rings. The molecular weight excluding hydrogens is 425 g/mol. The van der Waals surface area contributed by atoms with Crippen LogP contribution in [0.15, 0.2) is 54.7 Å². The summed E-state index contributed by atoms with van der Waals surface area (Å²) in [5, 5.41) is 4.19. The highest BCUT2D eigenvalue weighted by Crippen LogP contribution is 2.30. The third kappa shape index (κ3) is 4.32. The number of rotatable bonds is 6. The van der Waals surface area contributed by atoms with E-state index >= 15 is 0 Å². The van der Waals surface area contributed by atoms with Gasteiger partial charge in [0.05, 0.1) is 33.2 Å². The van der Waals surface area contributed by atoms with Crippen molar-refractivity contribution in [2.45, 2.75) is 6.42 Å². The van der Waals surface area contributed by atoms with Crippen LogP contribution in [0, 0.1) is 0 Å². The zero-order chi connectivity index (χ0) is 21.3. The first-order valence-corrected chi connectivity index (χ1v) is 9.74. The van der Waals surface area contributed by atoms with E-state index in [1.807, 2.05) is 35.9 Å². The standard InChI is InChI=1S/C21H17Cl2N5O2/c1-28-19-5-3-14(30-15-6-7-25-13(8-15)10-20(24)29)11-18(19)27-21(28)26-12-2-4-16(22)17(23)9-12/h2-9,11H,10H2,1H3,(H2,24,29)(H,26,27). The molecule has 0 aliphatic carbocycles. The number of nitrogens with two attached hydrogens (primary N) is 1. The highest BCUT2D eigenvalue weighted by Gasteiger charge is 2.11. The van der Waals surface area contributed by atoms with Crippen LogP contribution in [0.1, 0.15) is 5.69 Å². The van der Waals surface area contributed by atoms with Crippen molar-refractivity contribution in [2.75, 3.05) is 5.32 Å². The normalized spacial score (nSPS) is 10.9. The van der Waals surface area contributed by atoms with E-state index in [-0.39, 0.29) is 6.42 Å². The van der Waals surface area contributed by atoms with E-state index in [0.717, 1.165) is 16.7 Å². The number of pyridine rings is 1. The molecule has 0 unspecified atom stereocenters. The molecule has 2 aromatic carbocycles. The minimum Gasteiger partial charge on any atom is -0.457 e. The fourth-order valence-electron chi connectivity index (χ4n) is 2.99. The molecule has 2 heterocycles. The van der Waals surface area contributed by atoms with Gasteiger partial charge in [-0.1, -0.05) is 23.2 Å². The third-order valence-corrected chi connectivity index (χ3v) is 5.15. The summed E-state index contributed by atoms with van der Waals surface area (Å²) in [5.74, 6) is 1.37.